The third kappa shape index (κ3) is 4.75. The standard InChI is InChI=1S/C14H26N2O3/c1-10(9-19-2)15-12-5-13(6-12)16(8-14(17)18)7-11-3-4-11/h10-13,15H,3-9H2,1-2H3,(H,17,18). The third-order valence-corrected chi connectivity index (χ3v) is 4.09. The smallest absolute Gasteiger partial charge is 0.317 e. The Morgan fingerprint density at radius 1 is 1.47 bits per heavy atom. The molecule has 0 bridgehead atoms. The van der Waals surface area contributed by atoms with E-state index in [0.29, 0.717) is 18.1 Å². The SMILES string of the molecule is COCC(C)NC1CC(N(CC(=O)O)CC2CC2)C1. The van der Waals surface area contributed by atoms with Crippen molar-refractivity contribution >= 4 is 5.97 Å². The summed E-state index contributed by atoms with van der Waals surface area (Å²) < 4.78 is 5.11. The first-order chi connectivity index (χ1) is 9.08. The number of carbonyl (C=O) groups is 1. The predicted molar refractivity (Wildman–Crippen MR) is 73.2 cm³/mol. The lowest BCUT2D eigenvalue weighted by atomic mass is 9.84. The van der Waals surface area contributed by atoms with Gasteiger partial charge in [0.1, 0.15) is 0 Å². The highest BCUT2D eigenvalue weighted by Gasteiger charge is 2.37. The molecule has 0 aromatic rings. The van der Waals surface area contributed by atoms with Crippen molar-refractivity contribution in [3.8, 4) is 0 Å². The highest BCUT2D eigenvalue weighted by atomic mass is 16.5. The maximum atomic E-state index is 10.9. The van der Waals surface area contributed by atoms with Gasteiger partial charge in [0.15, 0.2) is 0 Å². The Hall–Kier alpha value is -0.650. The van der Waals surface area contributed by atoms with Gasteiger partial charge in [0.2, 0.25) is 0 Å². The number of nitrogens with zero attached hydrogens (tertiary/aromatic N) is 1. The van der Waals surface area contributed by atoms with Crippen LogP contribution < -0.4 is 5.32 Å². The second kappa shape index (κ2) is 6.68. The normalized spacial score (nSPS) is 28.2. The Labute approximate surface area is 115 Å². The van der Waals surface area contributed by atoms with Crippen LogP contribution in [0, 0.1) is 5.92 Å². The summed E-state index contributed by atoms with van der Waals surface area (Å²) in [6.45, 7) is 4.01. The van der Waals surface area contributed by atoms with E-state index in [0.717, 1.165) is 31.9 Å². The zero-order valence-corrected chi connectivity index (χ0v) is 12.0. The predicted octanol–water partition coefficient (Wildman–Crippen LogP) is 0.939. The van der Waals surface area contributed by atoms with E-state index in [9.17, 15) is 4.79 Å². The maximum Gasteiger partial charge on any atom is 0.317 e. The van der Waals surface area contributed by atoms with Crippen molar-refractivity contribution in [1.82, 2.24) is 10.2 Å². The lowest BCUT2D eigenvalue weighted by molar-refractivity contribution is -0.139. The summed E-state index contributed by atoms with van der Waals surface area (Å²) in [7, 11) is 1.71. The van der Waals surface area contributed by atoms with Gasteiger partial charge in [-0.25, -0.2) is 0 Å². The average Bonchev–Trinajstić information content (AvgIpc) is 3.05. The highest BCUT2D eigenvalue weighted by Crippen LogP contribution is 2.33. The van der Waals surface area contributed by atoms with Gasteiger partial charge in [0.25, 0.3) is 0 Å². The van der Waals surface area contributed by atoms with Crippen molar-refractivity contribution in [2.45, 2.75) is 50.7 Å². The van der Waals surface area contributed by atoms with E-state index < -0.39 is 5.97 Å². The molecule has 0 heterocycles. The Kier molecular flexibility index (Phi) is 5.19. The quantitative estimate of drug-likeness (QED) is 0.653. The van der Waals surface area contributed by atoms with E-state index in [-0.39, 0.29) is 6.54 Å². The van der Waals surface area contributed by atoms with Crippen LogP contribution in [-0.2, 0) is 9.53 Å². The molecule has 0 aromatic carbocycles. The van der Waals surface area contributed by atoms with Crippen LogP contribution in [-0.4, -0.2) is 60.9 Å². The molecule has 2 fully saturated rings. The van der Waals surface area contributed by atoms with Crippen LogP contribution in [0.1, 0.15) is 32.6 Å². The van der Waals surface area contributed by atoms with Gasteiger partial charge in [-0.2, -0.15) is 0 Å². The molecular weight excluding hydrogens is 244 g/mol. The summed E-state index contributed by atoms with van der Waals surface area (Å²) in [5.41, 5.74) is 0. The minimum atomic E-state index is -0.704. The first-order valence-corrected chi connectivity index (χ1v) is 7.29. The molecule has 5 heteroatoms. The zero-order valence-electron chi connectivity index (χ0n) is 12.0. The van der Waals surface area contributed by atoms with E-state index in [1.54, 1.807) is 7.11 Å². The minimum absolute atomic E-state index is 0.196. The number of hydrogen-bond donors (Lipinski definition) is 2. The molecule has 19 heavy (non-hydrogen) atoms. The number of rotatable bonds is 9. The monoisotopic (exact) mass is 270 g/mol. The van der Waals surface area contributed by atoms with Gasteiger partial charge in [0, 0.05) is 31.8 Å². The second-order valence-electron chi connectivity index (χ2n) is 6.11. The van der Waals surface area contributed by atoms with Gasteiger partial charge in [-0.15, -0.1) is 0 Å². The molecule has 2 saturated carbocycles. The molecule has 0 saturated heterocycles. The first kappa shape index (κ1) is 14.8. The molecule has 110 valence electrons. The number of carboxylic acid groups (broad SMARTS) is 1. The van der Waals surface area contributed by atoms with Crippen LogP contribution in [0.2, 0.25) is 0 Å². The summed E-state index contributed by atoms with van der Waals surface area (Å²) in [6, 6.07) is 1.34. The number of carboxylic acids is 1. The number of methoxy groups -OCH3 is 1. The Morgan fingerprint density at radius 2 is 2.16 bits per heavy atom. The lowest BCUT2D eigenvalue weighted by Crippen LogP contribution is -2.56. The van der Waals surface area contributed by atoms with Crippen molar-refractivity contribution in [1.29, 1.82) is 0 Å². The third-order valence-electron chi connectivity index (χ3n) is 4.09. The Morgan fingerprint density at radius 3 is 2.68 bits per heavy atom. The van der Waals surface area contributed by atoms with Crippen molar-refractivity contribution in [3.05, 3.63) is 0 Å². The summed E-state index contributed by atoms with van der Waals surface area (Å²) in [6.07, 6.45) is 4.67. The van der Waals surface area contributed by atoms with Gasteiger partial charge >= 0.3 is 5.97 Å². The van der Waals surface area contributed by atoms with Crippen molar-refractivity contribution in [2.24, 2.45) is 5.92 Å². The van der Waals surface area contributed by atoms with E-state index in [2.05, 4.69) is 17.1 Å². The molecule has 2 N–H and O–H groups in total. The fourth-order valence-corrected chi connectivity index (χ4v) is 2.87. The Bertz CT molecular complexity index is 301. The molecular formula is C14H26N2O3. The largest absolute Gasteiger partial charge is 0.480 e. The average molecular weight is 270 g/mol. The van der Waals surface area contributed by atoms with Crippen LogP contribution in [0.15, 0.2) is 0 Å². The molecule has 0 amide bonds. The lowest BCUT2D eigenvalue weighted by Gasteiger charge is -2.43. The van der Waals surface area contributed by atoms with Crippen LogP contribution >= 0.6 is 0 Å². The van der Waals surface area contributed by atoms with E-state index >= 15 is 0 Å². The van der Waals surface area contributed by atoms with Crippen molar-refractivity contribution < 1.29 is 14.6 Å². The molecule has 2 rings (SSSR count). The van der Waals surface area contributed by atoms with Gasteiger partial charge < -0.3 is 15.2 Å². The van der Waals surface area contributed by atoms with E-state index in [1.807, 2.05) is 0 Å². The molecule has 2 aliphatic carbocycles. The summed E-state index contributed by atoms with van der Waals surface area (Å²) in [5.74, 6) is 0.0450. The number of aliphatic carboxylic acids is 1. The van der Waals surface area contributed by atoms with Crippen molar-refractivity contribution in [2.75, 3.05) is 26.8 Å². The molecule has 0 aromatic heterocycles. The fraction of sp³-hybridized carbons (Fsp3) is 0.929. The van der Waals surface area contributed by atoms with Crippen LogP contribution in [0.25, 0.3) is 0 Å². The van der Waals surface area contributed by atoms with Crippen LogP contribution in [0.3, 0.4) is 0 Å². The molecule has 1 atom stereocenters. The zero-order chi connectivity index (χ0) is 13.8. The van der Waals surface area contributed by atoms with Crippen LogP contribution in [0.5, 0.6) is 0 Å². The van der Waals surface area contributed by atoms with Gasteiger partial charge in [0.05, 0.1) is 13.2 Å². The number of nitrogens with one attached hydrogen (secondary N) is 1. The van der Waals surface area contributed by atoms with Crippen LogP contribution in [0.4, 0.5) is 0 Å². The minimum Gasteiger partial charge on any atom is -0.480 e. The molecule has 0 radical (unpaired) electrons. The summed E-state index contributed by atoms with van der Waals surface area (Å²) in [4.78, 5) is 13.1. The first-order valence-electron chi connectivity index (χ1n) is 7.29. The second-order valence-corrected chi connectivity index (χ2v) is 6.11. The van der Waals surface area contributed by atoms with Gasteiger partial charge in [-0.1, -0.05) is 0 Å². The molecule has 0 spiro atoms. The fourth-order valence-electron chi connectivity index (χ4n) is 2.87. The van der Waals surface area contributed by atoms with E-state index in [1.165, 1.54) is 12.8 Å². The van der Waals surface area contributed by atoms with Gasteiger partial charge in [-0.3, -0.25) is 9.69 Å². The molecule has 2 aliphatic rings. The van der Waals surface area contributed by atoms with Crippen molar-refractivity contribution in [3.63, 3.8) is 0 Å². The molecule has 5 nitrogen and oxygen atoms in total. The van der Waals surface area contributed by atoms with E-state index in [4.69, 9.17) is 9.84 Å². The summed E-state index contributed by atoms with van der Waals surface area (Å²) >= 11 is 0. The highest BCUT2D eigenvalue weighted by molar-refractivity contribution is 5.69. The summed E-state index contributed by atoms with van der Waals surface area (Å²) in [5, 5.41) is 12.5. The maximum absolute atomic E-state index is 10.9. The Balaban J connectivity index is 1.70. The topological polar surface area (TPSA) is 61.8 Å². The number of ether oxygens (including phenoxy) is 1. The molecule has 0 aliphatic heterocycles. The number of hydrogen-bond acceptors (Lipinski definition) is 4. The van der Waals surface area contributed by atoms with Gasteiger partial charge in [-0.05, 0) is 38.5 Å². The molecule has 1 unspecified atom stereocenters.